The summed E-state index contributed by atoms with van der Waals surface area (Å²) in [5, 5.41) is 8.62. The average molecular weight is 339 g/mol. The van der Waals surface area contributed by atoms with E-state index in [1.807, 2.05) is 23.1 Å². The van der Waals surface area contributed by atoms with E-state index in [9.17, 15) is 9.59 Å². The monoisotopic (exact) mass is 339 g/mol. The number of carbonyl (C=O) groups is 2. The minimum atomic E-state index is -1.03. The zero-order valence-electron chi connectivity index (χ0n) is 13.9. The number of amides is 1. The number of ether oxygens (including phenoxy) is 1. The Morgan fingerprint density at radius 3 is 2.48 bits per heavy atom. The fourth-order valence-corrected chi connectivity index (χ4v) is 3.18. The molecule has 1 fully saturated rings. The molecule has 5 nitrogen and oxygen atoms in total. The van der Waals surface area contributed by atoms with Crippen LogP contribution < -0.4 is 4.74 Å². The van der Waals surface area contributed by atoms with Gasteiger partial charge >= 0.3 is 5.97 Å². The van der Waals surface area contributed by atoms with Crippen molar-refractivity contribution >= 4 is 11.9 Å². The van der Waals surface area contributed by atoms with Gasteiger partial charge in [-0.2, -0.15) is 0 Å². The van der Waals surface area contributed by atoms with E-state index in [2.05, 4.69) is 12.1 Å². The van der Waals surface area contributed by atoms with Crippen LogP contribution in [-0.4, -0.2) is 41.6 Å². The molecule has 130 valence electrons. The topological polar surface area (TPSA) is 66.8 Å². The number of carboxylic acids is 1. The van der Waals surface area contributed by atoms with Gasteiger partial charge in [-0.1, -0.05) is 30.3 Å². The van der Waals surface area contributed by atoms with Gasteiger partial charge in [0.15, 0.2) is 6.61 Å². The van der Waals surface area contributed by atoms with Gasteiger partial charge in [-0.3, -0.25) is 4.79 Å². The largest absolute Gasteiger partial charge is 0.482 e. The minimum absolute atomic E-state index is 0.00501. The van der Waals surface area contributed by atoms with Gasteiger partial charge in [-0.05, 0) is 42.7 Å². The third kappa shape index (κ3) is 4.38. The van der Waals surface area contributed by atoms with E-state index in [4.69, 9.17) is 9.84 Å². The van der Waals surface area contributed by atoms with Crippen LogP contribution in [0.15, 0.2) is 54.6 Å². The summed E-state index contributed by atoms with van der Waals surface area (Å²) in [4.78, 5) is 25.2. The van der Waals surface area contributed by atoms with Crippen molar-refractivity contribution in [2.75, 3.05) is 19.7 Å². The Morgan fingerprint density at radius 1 is 1.08 bits per heavy atom. The standard InChI is InChI=1S/C20H21NO4/c22-19(23)14-25-18-10-8-16(9-11-18)20(24)21-12-4-7-17(13-21)15-5-2-1-3-6-15/h1-3,5-6,8-11,17H,4,7,12-14H2,(H,22,23). The maximum atomic E-state index is 12.7. The number of hydrogen-bond donors (Lipinski definition) is 1. The highest BCUT2D eigenvalue weighted by molar-refractivity contribution is 5.94. The molecule has 1 atom stereocenters. The fourth-order valence-electron chi connectivity index (χ4n) is 3.18. The highest BCUT2D eigenvalue weighted by atomic mass is 16.5. The summed E-state index contributed by atoms with van der Waals surface area (Å²) < 4.78 is 5.10. The predicted octanol–water partition coefficient (Wildman–Crippen LogP) is 3.17. The third-order valence-electron chi connectivity index (χ3n) is 4.44. The van der Waals surface area contributed by atoms with Crippen LogP contribution in [0.1, 0.15) is 34.7 Å². The Morgan fingerprint density at radius 2 is 1.80 bits per heavy atom. The summed E-state index contributed by atoms with van der Waals surface area (Å²) in [6.45, 7) is 1.09. The molecule has 1 aliphatic rings. The molecule has 0 spiro atoms. The van der Waals surface area contributed by atoms with E-state index in [0.29, 0.717) is 17.2 Å². The van der Waals surface area contributed by atoms with Crippen LogP contribution in [0.3, 0.4) is 0 Å². The summed E-state index contributed by atoms with van der Waals surface area (Å²) in [5.41, 5.74) is 1.87. The molecule has 2 aromatic carbocycles. The summed E-state index contributed by atoms with van der Waals surface area (Å²) in [6.07, 6.45) is 2.08. The maximum Gasteiger partial charge on any atom is 0.341 e. The van der Waals surface area contributed by atoms with Crippen LogP contribution in [0.2, 0.25) is 0 Å². The summed E-state index contributed by atoms with van der Waals surface area (Å²) in [7, 11) is 0. The van der Waals surface area contributed by atoms with Gasteiger partial charge in [0.1, 0.15) is 5.75 Å². The predicted molar refractivity (Wildman–Crippen MR) is 93.9 cm³/mol. The summed E-state index contributed by atoms with van der Waals surface area (Å²) in [6, 6.07) is 16.9. The lowest BCUT2D eigenvalue weighted by Gasteiger charge is -2.33. The van der Waals surface area contributed by atoms with E-state index in [1.165, 1.54) is 5.56 Å². The molecule has 1 aliphatic heterocycles. The molecule has 0 bridgehead atoms. The van der Waals surface area contributed by atoms with Crippen LogP contribution in [0.25, 0.3) is 0 Å². The van der Waals surface area contributed by atoms with E-state index in [1.54, 1.807) is 24.3 Å². The molecule has 25 heavy (non-hydrogen) atoms. The molecule has 5 heteroatoms. The average Bonchev–Trinajstić information content (AvgIpc) is 2.67. The fraction of sp³-hybridized carbons (Fsp3) is 0.300. The van der Waals surface area contributed by atoms with Gasteiger partial charge in [0, 0.05) is 24.6 Å². The second-order valence-corrected chi connectivity index (χ2v) is 6.21. The molecule has 1 saturated heterocycles. The van der Waals surface area contributed by atoms with Crippen molar-refractivity contribution in [3.8, 4) is 5.75 Å². The minimum Gasteiger partial charge on any atom is -0.482 e. The molecular formula is C20H21NO4. The molecule has 2 aromatic rings. The molecule has 0 saturated carbocycles. The van der Waals surface area contributed by atoms with Gasteiger partial charge in [-0.15, -0.1) is 0 Å². The van der Waals surface area contributed by atoms with Crippen molar-refractivity contribution < 1.29 is 19.4 Å². The first kappa shape index (κ1) is 17.0. The van der Waals surface area contributed by atoms with Crippen molar-refractivity contribution in [3.63, 3.8) is 0 Å². The zero-order chi connectivity index (χ0) is 17.6. The van der Waals surface area contributed by atoms with Crippen LogP contribution in [0, 0.1) is 0 Å². The van der Waals surface area contributed by atoms with Crippen LogP contribution >= 0.6 is 0 Å². The molecule has 0 aliphatic carbocycles. The Hall–Kier alpha value is -2.82. The molecule has 0 radical (unpaired) electrons. The Bertz CT molecular complexity index is 727. The second-order valence-electron chi connectivity index (χ2n) is 6.21. The third-order valence-corrected chi connectivity index (χ3v) is 4.44. The number of nitrogens with zero attached hydrogens (tertiary/aromatic N) is 1. The number of likely N-dealkylation sites (tertiary alicyclic amines) is 1. The van der Waals surface area contributed by atoms with Gasteiger partial charge in [0.25, 0.3) is 5.91 Å². The molecule has 0 aromatic heterocycles. The molecular weight excluding hydrogens is 318 g/mol. The summed E-state index contributed by atoms with van der Waals surface area (Å²) >= 11 is 0. The van der Waals surface area contributed by atoms with Crippen molar-refractivity contribution in [2.24, 2.45) is 0 Å². The number of hydrogen-bond acceptors (Lipinski definition) is 3. The van der Waals surface area contributed by atoms with E-state index < -0.39 is 12.6 Å². The Balaban J connectivity index is 1.65. The number of rotatable bonds is 5. The first-order chi connectivity index (χ1) is 12.1. The second kappa shape index (κ2) is 7.83. The zero-order valence-corrected chi connectivity index (χ0v) is 13.9. The summed E-state index contributed by atoms with van der Waals surface area (Å²) in [5.74, 6) is -0.206. The Kier molecular flexibility index (Phi) is 5.33. The van der Waals surface area contributed by atoms with Gasteiger partial charge in [0.05, 0.1) is 0 Å². The van der Waals surface area contributed by atoms with E-state index in [0.717, 1.165) is 25.9 Å². The van der Waals surface area contributed by atoms with E-state index in [-0.39, 0.29) is 5.91 Å². The van der Waals surface area contributed by atoms with Gasteiger partial charge in [0.2, 0.25) is 0 Å². The SMILES string of the molecule is O=C(O)COc1ccc(C(=O)N2CCCC(c3ccccc3)C2)cc1. The van der Waals surface area contributed by atoms with E-state index >= 15 is 0 Å². The van der Waals surface area contributed by atoms with Crippen LogP contribution in [0.4, 0.5) is 0 Å². The highest BCUT2D eigenvalue weighted by Crippen LogP contribution is 2.27. The number of piperidine rings is 1. The van der Waals surface area contributed by atoms with Crippen molar-refractivity contribution in [1.29, 1.82) is 0 Å². The highest BCUT2D eigenvalue weighted by Gasteiger charge is 2.25. The Labute approximate surface area is 146 Å². The molecule has 1 heterocycles. The lowest BCUT2D eigenvalue weighted by atomic mass is 9.90. The van der Waals surface area contributed by atoms with Gasteiger partial charge in [-0.25, -0.2) is 4.79 Å². The quantitative estimate of drug-likeness (QED) is 0.908. The lowest BCUT2D eigenvalue weighted by molar-refractivity contribution is -0.139. The van der Waals surface area contributed by atoms with Crippen LogP contribution in [-0.2, 0) is 4.79 Å². The normalized spacial score (nSPS) is 17.1. The van der Waals surface area contributed by atoms with Crippen molar-refractivity contribution in [2.45, 2.75) is 18.8 Å². The maximum absolute atomic E-state index is 12.7. The first-order valence-electron chi connectivity index (χ1n) is 8.42. The molecule has 1 amide bonds. The molecule has 1 N–H and O–H groups in total. The molecule has 1 unspecified atom stereocenters. The lowest BCUT2D eigenvalue weighted by Crippen LogP contribution is -2.39. The smallest absolute Gasteiger partial charge is 0.341 e. The number of carbonyl (C=O) groups excluding carboxylic acids is 1. The van der Waals surface area contributed by atoms with Crippen molar-refractivity contribution in [3.05, 3.63) is 65.7 Å². The first-order valence-corrected chi connectivity index (χ1v) is 8.42. The van der Waals surface area contributed by atoms with Gasteiger partial charge < -0.3 is 14.7 Å². The number of aliphatic carboxylic acids is 1. The number of benzene rings is 2. The van der Waals surface area contributed by atoms with Crippen LogP contribution in [0.5, 0.6) is 5.75 Å². The van der Waals surface area contributed by atoms with Crippen molar-refractivity contribution in [1.82, 2.24) is 4.90 Å². The number of carboxylic acid groups (broad SMARTS) is 1. The molecule has 3 rings (SSSR count).